The van der Waals surface area contributed by atoms with E-state index in [9.17, 15) is 4.79 Å². The Morgan fingerprint density at radius 2 is 2.07 bits per heavy atom. The Labute approximate surface area is 176 Å². The van der Waals surface area contributed by atoms with Gasteiger partial charge < -0.3 is 14.2 Å². The van der Waals surface area contributed by atoms with E-state index >= 15 is 0 Å². The molecule has 1 fully saturated rings. The number of likely N-dealkylation sites (N-methyl/N-ethyl adjacent to an activating group) is 1. The summed E-state index contributed by atoms with van der Waals surface area (Å²) in [6.45, 7) is 6.31. The van der Waals surface area contributed by atoms with Gasteiger partial charge in [0.15, 0.2) is 0 Å². The number of carbonyl (C=O) groups is 1. The van der Waals surface area contributed by atoms with Gasteiger partial charge in [-0.1, -0.05) is 24.8 Å². The molecule has 0 bridgehead atoms. The Bertz CT molecular complexity index is 1170. The second kappa shape index (κ2) is 7.48. The third-order valence-corrected chi connectivity index (χ3v) is 5.95. The summed E-state index contributed by atoms with van der Waals surface area (Å²) in [6.07, 6.45) is 7.22. The molecule has 2 aliphatic rings. The molecule has 0 saturated heterocycles. The standard InChI is InChI=1S/C25H25N3O2/c1-3-17-6-7-20-13-21(28(23(20)11-17)15-18-4-5-18)14-26-22-10-19(16-29)12-24-25(22)27(2)8-9-30-24/h3,6-7,10-14,16,18H,1,4-5,8-9,15H2,2H3. The highest BCUT2D eigenvalue weighted by Crippen LogP contribution is 2.40. The second-order valence-corrected chi connectivity index (χ2v) is 8.18. The van der Waals surface area contributed by atoms with E-state index < -0.39 is 0 Å². The SMILES string of the molecule is C=Cc1ccc2cc(C=Nc3cc(C=O)cc4c3N(C)CCO4)n(CC3CC3)c2c1. The van der Waals surface area contributed by atoms with Crippen molar-refractivity contribution in [2.24, 2.45) is 10.9 Å². The summed E-state index contributed by atoms with van der Waals surface area (Å²) in [5.41, 5.74) is 5.67. The van der Waals surface area contributed by atoms with Gasteiger partial charge in [0, 0.05) is 30.1 Å². The topological polar surface area (TPSA) is 46.8 Å². The quantitative estimate of drug-likeness (QED) is 0.429. The van der Waals surface area contributed by atoms with Crippen LogP contribution in [0.1, 0.15) is 34.5 Å². The summed E-state index contributed by atoms with van der Waals surface area (Å²) in [5, 5.41) is 1.20. The number of aromatic nitrogens is 1. The molecule has 0 N–H and O–H groups in total. The number of carbonyl (C=O) groups excluding carboxylic acids is 1. The van der Waals surface area contributed by atoms with Gasteiger partial charge in [-0.25, -0.2) is 0 Å². The van der Waals surface area contributed by atoms with Crippen LogP contribution in [0.25, 0.3) is 17.0 Å². The Morgan fingerprint density at radius 3 is 2.83 bits per heavy atom. The minimum Gasteiger partial charge on any atom is -0.489 e. The normalized spacial score (nSPS) is 16.0. The van der Waals surface area contributed by atoms with Gasteiger partial charge in [0.05, 0.1) is 24.1 Å². The van der Waals surface area contributed by atoms with E-state index in [1.165, 1.54) is 23.7 Å². The zero-order chi connectivity index (χ0) is 20.7. The molecule has 5 rings (SSSR count). The Morgan fingerprint density at radius 1 is 1.20 bits per heavy atom. The van der Waals surface area contributed by atoms with Crippen LogP contribution >= 0.6 is 0 Å². The number of fused-ring (bicyclic) bond motifs is 2. The number of aldehydes is 1. The Balaban J connectivity index is 1.60. The van der Waals surface area contributed by atoms with E-state index in [4.69, 9.17) is 9.73 Å². The number of aliphatic imine (C=N–C) groups is 1. The monoisotopic (exact) mass is 399 g/mol. The maximum Gasteiger partial charge on any atom is 0.150 e. The van der Waals surface area contributed by atoms with E-state index in [-0.39, 0.29) is 0 Å². The molecule has 2 heterocycles. The first-order valence-electron chi connectivity index (χ1n) is 10.4. The number of hydrogen-bond acceptors (Lipinski definition) is 4. The number of nitrogens with zero attached hydrogens (tertiary/aromatic N) is 3. The third kappa shape index (κ3) is 3.41. The summed E-state index contributed by atoms with van der Waals surface area (Å²) in [6, 6.07) is 12.2. The first-order valence-corrected chi connectivity index (χ1v) is 10.4. The van der Waals surface area contributed by atoms with E-state index in [0.29, 0.717) is 12.2 Å². The molecule has 0 radical (unpaired) electrons. The minimum atomic E-state index is 0.574. The smallest absolute Gasteiger partial charge is 0.150 e. The van der Waals surface area contributed by atoms with Crippen LogP contribution in [0.2, 0.25) is 0 Å². The molecular weight excluding hydrogens is 374 g/mol. The number of benzene rings is 2. The van der Waals surface area contributed by atoms with Crippen LogP contribution < -0.4 is 9.64 Å². The number of ether oxygens (including phenoxy) is 1. The number of anilines is 1. The first-order chi connectivity index (χ1) is 14.7. The maximum atomic E-state index is 11.4. The molecule has 1 aromatic heterocycles. The fourth-order valence-corrected chi connectivity index (χ4v) is 4.10. The minimum absolute atomic E-state index is 0.574. The fraction of sp³-hybridized carbons (Fsp3) is 0.280. The van der Waals surface area contributed by atoms with Gasteiger partial charge in [0.1, 0.15) is 24.3 Å². The Kier molecular flexibility index (Phi) is 4.66. The molecule has 3 aromatic rings. The van der Waals surface area contributed by atoms with Crippen molar-refractivity contribution in [1.29, 1.82) is 0 Å². The molecule has 30 heavy (non-hydrogen) atoms. The van der Waals surface area contributed by atoms with Gasteiger partial charge in [0.25, 0.3) is 0 Å². The molecule has 1 aliphatic heterocycles. The first kappa shape index (κ1) is 18.7. The molecule has 5 nitrogen and oxygen atoms in total. The summed E-state index contributed by atoms with van der Waals surface area (Å²) in [5.74, 6) is 1.46. The third-order valence-electron chi connectivity index (χ3n) is 5.95. The predicted octanol–water partition coefficient (Wildman–Crippen LogP) is 5.09. The summed E-state index contributed by atoms with van der Waals surface area (Å²) in [4.78, 5) is 18.4. The number of rotatable bonds is 6. The lowest BCUT2D eigenvalue weighted by Gasteiger charge is -2.29. The van der Waals surface area contributed by atoms with Crippen LogP contribution in [-0.4, -0.2) is 37.3 Å². The van der Waals surface area contributed by atoms with Gasteiger partial charge in [-0.2, -0.15) is 0 Å². The van der Waals surface area contributed by atoms with Crippen LogP contribution in [0.15, 0.2) is 48.0 Å². The van der Waals surface area contributed by atoms with Crippen molar-refractivity contribution in [1.82, 2.24) is 4.57 Å². The molecule has 0 spiro atoms. The van der Waals surface area contributed by atoms with Gasteiger partial charge in [-0.05, 0) is 48.6 Å². The van der Waals surface area contributed by atoms with E-state index in [1.807, 2.05) is 25.4 Å². The molecule has 0 atom stereocenters. The van der Waals surface area contributed by atoms with E-state index in [1.54, 1.807) is 6.07 Å². The molecule has 1 aliphatic carbocycles. The lowest BCUT2D eigenvalue weighted by Crippen LogP contribution is -2.29. The van der Waals surface area contributed by atoms with Crippen LogP contribution in [0.4, 0.5) is 11.4 Å². The van der Waals surface area contributed by atoms with Crippen molar-refractivity contribution in [3.05, 3.63) is 59.8 Å². The van der Waals surface area contributed by atoms with Gasteiger partial charge in [-0.15, -0.1) is 0 Å². The lowest BCUT2D eigenvalue weighted by atomic mass is 10.1. The van der Waals surface area contributed by atoms with Crippen LogP contribution in [-0.2, 0) is 6.54 Å². The Hall–Kier alpha value is -3.34. The van der Waals surface area contributed by atoms with Crippen LogP contribution in [0.3, 0.4) is 0 Å². The van der Waals surface area contributed by atoms with E-state index in [0.717, 1.165) is 53.7 Å². The summed E-state index contributed by atoms with van der Waals surface area (Å²) < 4.78 is 8.16. The molecule has 2 aromatic carbocycles. The van der Waals surface area contributed by atoms with Crippen molar-refractivity contribution >= 4 is 40.9 Å². The lowest BCUT2D eigenvalue weighted by molar-refractivity contribution is 0.112. The zero-order valence-corrected chi connectivity index (χ0v) is 17.2. The molecule has 5 heteroatoms. The average molecular weight is 399 g/mol. The fourth-order valence-electron chi connectivity index (χ4n) is 4.10. The highest BCUT2D eigenvalue weighted by Gasteiger charge is 2.24. The van der Waals surface area contributed by atoms with Crippen molar-refractivity contribution in [2.45, 2.75) is 19.4 Å². The van der Waals surface area contributed by atoms with Gasteiger partial charge in [0.2, 0.25) is 0 Å². The summed E-state index contributed by atoms with van der Waals surface area (Å²) >= 11 is 0. The second-order valence-electron chi connectivity index (χ2n) is 8.18. The van der Waals surface area contributed by atoms with Crippen LogP contribution in [0, 0.1) is 5.92 Å². The van der Waals surface area contributed by atoms with Crippen molar-refractivity contribution < 1.29 is 9.53 Å². The number of hydrogen-bond donors (Lipinski definition) is 0. The highest BCUT2D eigenvalue weighted by molar-refractivity contribution is 5.94. The molecule has 0 amide bonds. The van der Waals surface area contributed by atoms with Crippen molar-refractivity contribution in [2.75, 3.05) is 25.1 Å². The maximum absolute atomic E-state index is 11.4. The average Bonchev–Trinajstić information content (AvgIpc) is 3.52. The van der Waals surface area contributed by atoms with Crippen molar-refractivity contribution in [3.8, 4) is 5.75 Å². The zero-order valence-electron chi connectivity index (χ0n) is 17.2. The largest absolute Gasteiger partial charge is 0.489 e. The highest BCUT2D eigenvalue weighted by atomic mass is 16.5. The summed E-state index contributed by atoms with van der Waals surface area (Å²) in [7, 11) is 2.03. The molecule has 1 saturated carbocycles. The molecule has 0 unspecified atom stereocenters. The van der Waals surface area contributed by atoms with Gasteiger partial charge >= 0.3 is 0 Å². The van der Waals surface area contributed by atoms with Crippen LogP contribution in [0.5, 0.6) is 5.75 Å². The predicted molar refractivity (Wildman–Crippen MR) is 123 cm³/mol. The van der Waals surface area contributed by atoms with Gasteiger partial charge in [-0.3, -0.25) is 9.79 Å². The molecule has 152 valence electrons. The van der Waals surface area contributed by atoms with E-state index in [2.05, 4.69) is 40.3 Å². The molecular formula is C25H25N3O2. The van der Waals surface area contributed by atoms with Crippen molar-refractivity contribution in [3.63, 3.8) is 0 Å².